The molecule has 0 saturated carbocycles. The van der Waals surface area contributed by atoms with E-state index in [-0.39, 0.29) is 18.1 Å². The minimum Gasteiger partial charge on any atom is -0.443 e. The molecule has 0 unspecified atom stereocenters. The van der Waals surface area contributed by atoms with Crippen molar-refractivity contribution in [3.8, 4) is 11.6 Å². The van der Waals surface area contributed by atoms with Crippen LogP contribution in [-0.4, -0.2) is 39.9 Å². The molecule has 3 N–H and O–H groups in total. The molecule has 0 bridgehead atoms. The molecule has 0 aliphatic heterocycles. The third kappa shape index (κ3) is 3.61. The monoisotopic (exact) mass is 353 g/mol. The number of hydrogen-bond acceptors (Lipinski definition) is 8. The summed E-state index contributed by atoms with van der Waals surface area (Å²) >= 11 is 0. The molecule has 9 heteroatoms. The maximum absolute atomic E-state index is 12.4. The summed E-state index contributed by atoms with van der Waals surface area (Å²) in [6.45, 7) is 1.97. The minimum atomic E-state index is -0.422. The van der Waals surface area contributed by atoms with Crippen molar-refractivity contribution in [1.29, 1.82) is 0 Å². The van der Waals surface area contributed by atoms with Gasteiger partial charge in [0.05, 0.1) is 24.1 Å². The molecule has 0 saturated heterocycles. The lowest BCUT2D eigenvalue weighted by atomic mass is 10.2. The van der Waals surface area contributed by atoms with E-state index in [9.17, 15) is 4.79 Å². The molecule has 3 rings (SSSR count). The van der Waals surface area contributed by atoms with Crippen LogP contribution in [0.5, 0.6) is 0 Å². The lowest BCUT2D eigenvalue weighted by Gasteiger charge is -2.13. The highest BCUT2D eigenvalue weighted by atomic mass is 16.3. The van der Waals surface area contributed by atoms with Crippen molar-refractivity contribution in [1.82, 2.24) is 25.3 Å². The summed E-state index contributed by atoms with van der Waals surface area (Å²) in [6.07, 6.45) is 2.93. The number of nitrogens with two attached hydrogens (primary N) is 1. The Bertz CT molecular complexity index is 923. The van der Waals surface area contributed by atoms with E-state index in [1.165, 1.54) is 12.5 Å². The molecule has 3 aromatic heterocycles. The van der Waals surface area contributed by atoms with Crippen LogP contribution in [0.1, 0.15) is 21.9 Å². The second-order valence-corrected chi connectivity index (χ2v) is 5.79. The average Bonchev–Trinajstić information content (AvgIpc) is 3.16. The predicted molar refractivity (Wildman–Crippen MR) is 96.4 cm³/mol. The third-order valence-corrected chi connectivity index (χ3v) is 3.63. The fourth-order valence-corrected chi connectivity index (χ4v) is 2.31. The van der Waals surface area contributed by atoms with Gasteiger partial charge in [-0.05, 0) is 19.1 Å². The predicted octanol–water partition coefficient (Wildman–Crippen LogP) is 1.41. The number of nitrogen functional groups attached to an aromatic ring is 1. The van der Waals surface area contributed by atoms with Gasteiger partial charge in [-0.15, -0.1) is 0 Å². The van der Waals surface area contributed by atoms with Gasteiger partial charge in [0.1, 0.15) is 17.8 Å². The Hall–Kier alpha value is -3.49. The van der Waals surface area contributed by atoms with Crippen molar-refractivity contribution in [3.05, 3.63) is 47.7 Å². The van der Waals surface area contributed by atoms with E-state index in [4.69, 9.17) is 10.2 Å². The minimum absolute atomic E-state index is 0.0105. The van der Waals surface area contributed by atoms with Gasteiger partial charge in [-0.25, -0.2) is 19.9 Å². The molecule has 0 aliphatic carbocycles. The van der Waals surface area contributed by atoms with Gasteiger partial charge >= 0.3 is 0 Å². The number of amides is 1. The highest BCUT2D eigenvalue weighted by molar-refractivity contribution is 5.96. The maximum Gasteiger partial charge on any atom is 0.274 e. The maximum atomic E-state index is 12.4. The van der Waals surface area contributed by atoms with Crippen LogP contribution in [0.3, 0.4) is 0 Å². The van der Waals surface area contributed by atoms with Crippen LogP contribution in [0.4, 0.5) is 11.6 Å². The topological polar surface area (TPSA) is 123 Å². The summed E-state index contributed by atoms with van der Waals surface area (Å²) in [5, 5.41) is 2.76. The van der Waals surface area contributed by atoms with Crippen LogP contribution < -0.4 is 16.0 Å². The van der Waals surface area contributed by atoms with Crippen LogP contribution in [0.2, 0.25) is 0 Å². The van der Waals surface area contributed by atoms with Crippen LogP contribution in [0.25, 0.3) is 11.6 Å². The Morgan fingerprint density at radius 1 is 1.27 bits per heavy atom. The average molecular weight is 353 g/mol. The van der Waals surface area contributed by atoms with Crippen LogP contribution >= 0.6 is 0 Å². The molecule has 0 aliphatic rings. The van der Waals surface area contributed by atoms with E-state index < -0.39 is 5.91 Å². The first-order chi connectivity index (χ1) is 12.5. The van der Waals surface area contributed by atoms with Crippen molar-refractivity contribution < 1.29 is 9.21 Å². The molecule has 0 radical (unpaired) electrons. The van der Waals surface area contributed by atoms with Gasteiger partial charge in [-0.3, -0.25) is 4.79 Å². The number of aryl methyl sites for hydroxylation is 1. The second kappa shape index (κ2) is 7.18. The first-order valence-electron chi connectivity index (χ1n) is 7.91. The summed E-state index contributed by atoms with van der Waals surface area (Å²) in [5.74, 6) is 0.700. The number of anilines is 2. The molecular formula is C17H19N7O2. The van der Waals surface area contributed by atoms with Crippen LogP contribution in [0.15, 0.2) is 35.1 Å². The van der Waals surface area contributed by atoms with Gasteiger partial charge in [0.25, 0.3) is 5.91 Å². The Balaban J connectivity index is 1.76. The summed E-state index contributed by atoms with van der Waals surface area (Å²) in [5.41, 5.74) is 7.59. The van der Waals surface area contributed by atoms with Crippen molar-refractivity contribution >= 4 is 17.5 Å². The first-order valence-corrected chi connectivity index (χ1v) is 7.91. The number of nitrogens with one attached hydrogen (secondary N) is 1. The van der Waals surface area contributed by atoms with Gasteiger partial charge in [0.2, 0.25) is 5.89 Å². The number of hydrogen-bond donors (Lipinski definition) is 2. The van der Waals surface area contributed by atoms with Crippen molar-refractivity contribution in [2.24, 2.45) is 0 Å². The largest absolute Gasteiger partial charge is 0.443 e. The van der Waals surface area contributed by atoms with E-state index >= 15 is 0 Å². The Labute approximate surface area is 150 Å². The van der Waals surface area contributed by atoms with Crippen molar-refractivity contribution in [3.63, 3.8) is 0 Å². The molecule has 3 aromatic rings. The van der Waals surface area contributed by atoms with E-state index in [1.54, 1.807) is 6.92 Å². The first kappa shape index (κ1) is 17.3. The lowest BCUT2D eigenvalue weighted by Crippen LogP contribution is -2.26. The molecule has 0 fully saturated rings. The number of oxazole rings is 1. The van der Waals surface area contributed by atoms with Gasteiger partial charge < -0.3 is 20.4 Å². The fraction of sp³-hybridized carbons (Fsp3) is 0.235. The number of carbonyl (C=O) groups excluding carboxylic acids is 1. The molecule has 134 valence electrons. The second-order valence-electron chi connectivity index (χ2n) is 5.79. The Morgan fingerprint density at radius 2 is 2.08 bits per heavy atom. The van der Waals surface area contributed by atoms with E-state index in [0.29, 0.717) is 17.3 Å². The van der Waals surface area contributed by atoms with Gasteiger partial charge in [0.15, 0.2) is 11.5 Å². The summed E-state index contributed by atoms with van der Waals surface area (Å²) < 4.78 is 5.21. The van der Waals surface area contributed by atoms with Gasteiger partial charge in [-0.1, -0.05) is 6.07 Å². The molecule has 9 nitrogen and oxygen atoms in total. The molecule has 26 heavy (non-hydrogen) atoms. The number of carbonyl (C=O) groups is 1. The third-order valence-electron chi connectivity index (χ3n) is 3.63. The number of aromatic nitrogens is 4. The lowest BCUT2D eigenvalue weighted by molar-refractivity contribution is 0.0946. The van der Waals surface area contributed by atoms with Crippen LogP contribution in [0, 0.1) is 6.92 Å². The number of pyridine rings is 1. The van der Waals surface area contributed by atoms with Crippen molar-refractivity contribution in [2.45, 2.75) is 13.5 Å². The highest BCUT2D eigenvalue weighted by Crippen LogP contribution is 2.20. The zero-order chi connectivity index (χ0) is 18.7. The highest BCUT2D eigenvalue weighted by Gasteiger charge is 2.18. The summed E-state index contributed by atoms with van der Waals surface area (Å²) in [6, 6.07) is 5.60. The quantitative estimate of drug-likeness (QED) is 0.706. The molecule has 0 atom stereocenters. The molecule has 3 heterocycles. The standard InChI is InChI=1S/C17H19N7O2/c1-10-13(17-19-7-8-26-17)23-15(18)14(21-10)16(25)20-9-11-5-4-6-12(22-11)24(2)3/h4-8H,9H2,1-3H3,(H2,18,23)(H,20,25). The molecule has 0 spiro atoms. The normalized spacial score (nSPS) is 10.6. The van der Waals surface area contributed by atoms with Crippen molar-refractivity contribution in [2.75, 3.05) is 24.7 Å². The SMILES string of the molecule is Cc1nc(C(=O)NCc2cccc(N(C)C)n2)c(N)nc1-c1ncco1. The molecule has 0 aromatic carbocycles. The van der Waals surface area contributed by atoms with E-state index in [2.05, 4.69) is 25.3 Å². The van der Waals surface area contributed by atoms with Gasteiger partial charge in [-0.2, -0.15) is 0 Å². The molecular weight excluding hydrogens is 334 g/mol. The van der Waals surface area contributed by atoms with E-state index in [0.717, 1.165) is 11.5 Å². The zero-order valence-electron chi connectivity index (χ0n) is 14.7. The molecule has 1 amide bonds. The summed E-state index contributed by atoms with van der Waals surface area (Å²) in [4.78, 5) is 31.3. The van der Waals surface area contributed by atoms with E-state index in [1.807, 2.05) is 37.2 Å². The summed E-state index contributed by atoms with van der Waals surface area (Å²) in [7, 11) is 3.80. The fourth-order valence-electron chi connectivity index (χ4n) is 2.31. The smallest absolute Gasteiger partial charge is 0.274 e. The Morgan fingerprint density at radius 3 is 2.77 bits per heavy atom. The number of nitrogens with zero attached hydrogens (tertiary/aromatic N) is 5. The van der Waals surface area contributed by atoms with Gasteiger partial charge in [0, 0.05) is 14.1 Å². The zero-order valence-corrected chi connectivity index (χ0v) is 14.7. The Kier molecular flexibility index (Phi) is 4.78. The number of rotatable bonds is 5. The van der Waals surface area contributed by atoms with Crippen LogP contribution in [-0.2, 0) is 6.54 Å².